The van der Waals surface area contributed by atoms with Crippen LogP contribution < -0.4 is 4.31 Å². The Labute approximate surface area is 155 Å². The van der Waals surface area contributed by atoms with E-state index in [1.54, 1.807) is 4.57 Å². The van der Waals surface area contributed by atoms with Gasteiger partial charge in [-0.2, -0.15) is 26.9 Å². The highest BCUT2D eigenvalue weighted by molar-refractivity contribution is 7.92. The highest BCUT2D eigenvalue weighted by atomic mass is 32.2. The first kappa shape index (κ1) is 20.8. The summed E-state index contributed by atoms with van der Waals surface area (Å²) in [5.41, 5.74) is -1.14. The van der Waals surface area contributed by atoms with Gasteiger partial charge in [-0.05, 0) is 31.5 Å². The fraction of sp³-hybridized carbons (Fsp3) is 0.412. The maximum atomic E-state index is 13.0. The zero-order chi connectivity index (χ0) is 20.2. The van der Waals surface area contributed by atoms with Crippen LogP contribution >= 0.6 is 0 Å². The number of hydrogen-bond donors (Lipinski definition) is 0. The fourth-order valence-electron chi connectivity index (χ4n) is 2.39. The third-order valence-corrected chi connectivity index (χ3v) is 5.83. The highest BCUT2D eigenvalue weighted by Crippen LogP contribution is 2.33. The quantitative estimate of drug-likeness (QED) is 0.704. The van der Waals surface area contributed by atoms with Gasteiger partial charge in [0.05, 0.1) is 30.1 Å². The van der Waals surface area contributed by atoms with Crippen LogP contribution in [0.25, 0.3) is 0 Å². The van der Waals surface area contributed by atoms with E-state index in [1.165, 1.54) is 18.6 Å². The standard InChI is InChI=1S/C17H19F3N4O2S/c1-3-13(2)23-11-16(22-12-23)27(25,26)24(9-5-8-21)15-7-4-6-14(10-15)17(18,19)20/h4,6-7,10-13H,3,5,9H2,1-2H3/t13-/m1/s1. The van der Waals surface area contributed by atoms with E-state index in [9.17, 15) is 21.6 Å². The van der Waals surface area contributed by atoms with Crippen LogP contribution in [-0.2, 0) is 16.2 Å². The van der Waals surface area contributed by atoms with Gasteiger partial charge in [0, 0.05) is 18.8 Å². The predicted octanol–water partition coefficient (Wildman–Crippen LogP) is 3.98. The van der Waals surface area contributed by atoms with Crippen LogP contribution in [0.5, 0.6) is 0 Å². The number of aromatic nitrogens is 2. The van der Waals surface area contributed by atoms with Gasteiger partial charge in [-0.15, -0.1) is 0 Å². The number of rotatable bonds is 7. The molecule has 6 nitrogen and oxygen atoms in total. The summed E-state index contributed by atoms with van der Waals surface area (Å²) >= 11 is 0. The van der Waals surface area contributed by atoms with Gasteiger partial charge in [0.1, 0.15) is 0 Å². The lowest BCUT2D eigenvalue weighted by atomic mass is 10.2. The Bertz CT molecular complexity index is 932. The molecule has 0 aliphatic heterocycles. The number of imidazole rings is 1. The van der Waals surface area contributed by atoms with E-state index in [0.29, 0.717) is 0 Å². The molecule has 1 aromatic carbocycles. The summed E-state index contributed by atoms with van der Waals surface area (Å²) in [6, 6.07) is 5.83. The molecule has 0 spiro atoms. The smallest absolute Gasteiger partial charge is 0.333 e. The maximum Gasteiger partial charge on any atom is 0.416 e. The van der Waals surface area contributed by atoms with Crippen molar-refractivity contribution in [3.05, 3.63) is 42.4 Å². The van der Waals surface area contributed by atoms with Crippen molar-refractivity contribution in [2.45, 2.75) is 43.9 Å². The number of hydrogen-bond acceptors (Lipinski definition) is 4. The minimum atomic E-state index is -4.61. The number of halogens is 3. The molecule has 146 valence electrons. The molecule has 0 aliphatic carbocycles. The second-order valence-electron chi connectivity index (χ2n) is 5.95. The minimum absolute atomic E-state index is 0.0163. The molecule has 0 N–H and O–H groups in total. The normalized spacial score (nSPS) is 13.2. The first-order valence-corrected chi connectivity index (χ1v) is 9.65. The molecule has 0 saturated heterocycles. The molecule has 1 heterocycles. The van der Waals surface area contributed by atoms with Gasteiger partial charge in [0.25, 0.3) is 10.0 Å². The molecule has 0 unspecified atom stereocenters. The van der Waals surface area contributed by atoms with E-state index < -0.39 is 21.8 Å². The molecule has 1 atom stereocenters. The van der Waals surface area contributed by atoms with Crippen molar-refractivity contribution in [2.24, 2.45) is 0 Å². The third-order valence-electron chi connectivity index (χ3n) is 4.12. The minimum Gasteiger partial charge on any atom is -0.333 e. The van der Waals surface area contributed by atoms with E-state index in [4.69, 9.17) is 5.26 Å². The molecule has 0 radical (unpaired) electrons. The van der Waals surface area contributed by atoms with Crippen molar-refractivity contribution < 1.29 is 21.6 Å². The molecule has 1 aromatic heterocycles. The largest absolute Gasteiger partial charge is 0.416 e. The van der Waals surface area contributed by atoms with E-state index in [1.807, 2.05) is 19.9 Å². The van der Waals surface area contributed by atoms with Crippen molar-refractivity contribution in [3.8, 4) is 6.07 Å². The highest BCUT2D eigenvalue weighted by Gasteiger charge is 2.33. The summed E-state index contributed by atoms with van der Waals surface area (Å²) in [6.45, 7) is 3.54. The van der Waals surface area contributed by atoms with Crippen LogP contribution in [0.15, 0.2) is 41.8 Å². The zero-order valence-corrected chi connectivity index (χ0v) is 15.6. The zero-order valence-electron chi connectivity index (χ0n) is 14.8. The molecule has 0 amide bonds. The molecule has 10 heteroatoms. The van der Waals surface area contributed by atoms with Crippen LogP contribution in [0.1, 0.15) is 38.3 Å². The van der Waals surface area contributed by atoms with E-state index >= 15 is 0 Å². The fourth-order valence-corrected chi connectivity index (χ4v) is 3.78. The summed E-state index contributed by atoms with van der Waals surface area (Å²) < 4.78 is 67.4. The summed E-state index contributed by atoms with van der Waals surface area (Å²) in [6.07, 6.45) is -1.33. The van der Waals surface area contributed by atoms with Gasteiger partial charge in [0.2, 0.25) is 0 Å². The Balaban J connectivity index is 2.50. The Kier molecular flexibility index (Phi) is 6.15. The van der Waals surface area contributed by atoms with Gasteiger partial charge >= 0.3 is 6.18 Å². The van der Waals surface area contributed by atoms with Crippen molar-refractivity contribution in [1.82, 2.24) is 9.55 Å². The average molecular weight is 400 g/mol. The molecular formula is C17H19F3N4O2S. The maximum absolute atomic E-state index is 13.0. The molecule has 0 bridgehead atoms. The Morgan fingerprint density at radius 3 is 2.67 bits per heavy atom. The topological polar surface area (TPSA) is 79.0 Å². The number of nitrogens with zero attached hydrogens (tertiary/aromatic N) is 4. The van der Waals surface area contributed by atoms with Gasteiger partial charge in [0.15, 0.2) is 5.03 Å². The lowest BCUT2D eigenvalue weighted by Gasteiger charge is -2.23. The molecule has 27 heavy (non-hydrogen) atoms. The van der Waals surface area contributed by atoms with Gasteiger partial charge in [-0.1, -0.05) is 13.0 Å². The Hall–Kier alpha value is -2.54. The van der Waals surface area contributed by atoms with E-state index in [-0.39, 0.29) is 29.7 Å². The molecule has 2 rings (SSSR count). The second kappa shape index (κ2) is 8.00. The van der Waals surface area contributed by atoms with Crippen LogP contribution in [0.2, 0.25) is 0 Å². The summed E-state index contributed by atoms with van der Waals surface area (Å²) in [7, 11) is -4.23. The monoisotopic (exact) mass is 400 g/mol. The Morgan fingerprint density at radius 2 is 2.07 bits per heavy atom. The van der Waals surface area contributed by atoms with Gasteiger partial charge in [-0.25, -0.2) is 4.98 Å². The van der Waals surface area contributed by atoms with Gasteiger partial charge in [-0.3, -0.25) is 4.31 Å². The average Bonchev–Trinajstić information content (AvgIpc) is 3.12. The number of sulfonamides is 1. The van der Waals surface area contributed by atoms with Gasteiger partial charge < -0.3 is 4.57 Å². The van der Waals surface area contributed by atoms with Crippen LogP contribution in [0.3, 0.4) is 0 Å². The third kappa shape index (κ3) is 4.60. The molecular weight excluding hydrogens is 381 g/mol. The number of anilines is 1. The van der Waals surface area contributed by atoms with Crippen molar-refractivity contribution in [3.63, 3.8) is 0 Å². The summed E-state index contributed by atoms with van der Waals surface area (Å²) in [5.74, 6) is 0. The number of nitriles is 1. The predicted molar refractivity (Wildman–Crippen MR) is 93.4 cm³/mol. The SMILES string of the molecule is CC[C@@H](C)n1cnc(S(=O)(=O)N(CCC#N)c2cccc(C(F)(F)F)c2)c1. The van der Waals surface area contributed by atoms with Crippen LogP contribution in [0.4, 0.5) is 18.9 Å². The molecule has 0 aliphatic rings. The molecule has 2 aromatic rings. The van der Waals surface area contributed by atoms with Crippen molar-refractivity contribution in [2.75, 3.05) is 10.8 Å². The summed E-state index contributed by atoms with van der Waals surface area (Å²) in [4.78, 5) is 3.91. The van der Waals surface area contributed by atoms with E-state index in [2.05, 4.69) is 4.98 Å². The van der Waals surface area contributed by atoms with E-state index in [0.717, 1.165) is 28.9 Å². The number of benzene rings is 1. The second-order valence-corrected chi connectivity index (χ2v) is 7.76. The van der Waals surface area contributed by atoms with Crippen LogP contribution in [0, 0.1) is 11.3 Å². The summed E-state index contributed by atoms with van der Waals surface area (Å²) in [5, 5.41) is 8.54. The first-order valence-electron chi connectivity index (χ1n) is 8.21. The first-order chi connectivity index (χ1) is 12.6. The lowest BCUT2D eigenvalue weighted by molar-refractivity contribution is -0.137. The Morgan fingerprint density at radius 1 is 1.37 bits per heavy atom. The van der Waals surface area contributed by atoms with Crippen molar-refractivity contribution in [1.29, 1.82) is 5.26 Å². The van der Waals surface area contributed by atoms with Crippen molar-refractivity contribution >= 4 is 15.7 Å². The molecule has 0 fully saturated rings. The molecule has 0 saturated carbocycles. The number of alkyl halides is 3. The van der Waals surface area contributed by atoms with Crippen LogP contribution in [-0.4, -0.2) is 24.5 Å². The lowest BCUT2D eigenvalue weighted by Crippen LogP contribution is -2.32.